The molecule has 0 aliphatic carbocycles. The van der Waals surface area contributed by atoms with E-state index in [9.17, 15) is 13.6 Å². The lowest BCUT2D eigenvalue weighted by atomic mass is 10.3. The first-order valence-corrected chi connectivity index (χ1v) is 3.97. The number of esters is 1. The molecule has 0 spiro atoms. The van der Waals surface area contributed by atoms with E-state index in [2.05, 4.69) is 11.3 Å². The summed E-state index contributed by atoms with van der Waals surface area (Å²) in [4.78, 5) is 11.0. The maximum atomic E-state index is 12.8. The summed E-state index contributed by atoms with van der Waals surface area (Å²) < 4.78 is 30.1. The lowest BCUT2D eigenvalue weighted by molar-refractivity contribution is -0.130. The third kappa shape index (κ3) is 2.52. The van der Waals surface area contributed by atoms with Gasteiger partial charge in [0.2, 0.25) is 0 Å². The van der Waals surface area contributed by atoms with Crippen LogP contribution in [0.3, 0.4) is 0 Å². The molecule has 0 aliphatic heterocycles. The van der Waals surface area contributed by atoms with Crippen LogP contribution in [0.5, 0.6) is 11.5 Å². The van der Waals surface area contributed by atoms with Crippen LogP contribution in [0.4, 0.5) is 8.78 Å². The predicted octanol–water partition coefficient (Wildman–Crippen LogP) is 2.15. The second-order valence-electron chi connectivity index (χ2n) is 2.91. The molecule has 15 heavy (non-hydrogen) atoms. The topological polar surface area (TPSA) is 46.5 Å². The van der Waals surface area contributed by atoms with E-state index in [0.717, 1.165) is 0 Å². The maximum Gasteiger partial charge on any atom is 0.338 e. The van der Waals surface area contributed by atoms with Crippen LogP contribution in [0.15, 0.2) is 24.3 Å². The second kappa shape index (κ2) is 4.08. The van der Waals surface area contributed by atoms with E-state index >= 15 is 0 Å². The Morgan fingerprint density at radius 3 is 2.27 bits per heavy atom. The van der Waals surface area contributed by atoms with Gasteiger partial charge in [0.05, 0.1) is 0 Å². The van der Waals surface area contributed by atoms with Gasteiger partial charge in [0, 0.05) is 17.7 Å². The number of hydrogen-bond donors (Lipinski definition) is 1. The highest BCUT2D eigenvalue weighted by Crippen LogP contribution is 2.25. The molecular weight excluding hydrogens is 206 g/mol. The Morgan fingerprint density at radius 2 is 1.87 bits per heavy atom. The van der Waals surface area contributed by atoms with Crippen LogP contribution in [-0.2, 0) is 4.79 Å². The standard InChI is InChI=1S/C10H8F2O3/c1-5(2)10(14)15-6-3-7(11)9(13)8(12)4-6/h3-4,13H,1H2,2H3. The van der Waals surface area contributed by atoms with Crippen LogP contribution in [0, 0.1) is 11.6 Å². The SMILES string of the molecule is C=C(C)C(=O)Oc1cc(F)c(O)c(F)c1. The molecule has 0 saturated carbocycles. The molecule has 0 unspecified atom stereocenters. The number of phenolic OH excluding ortho intramolecular Hbond substituents is 1. The Labute approximate surface area is 84.6 Å². The molecule has 0 fully saturated rings. The number of carbonyl (C=O) groups is 1. The minimum atomic E-state index is -1.19. The molecule has 1 aromatic carbocycles. The van der Waals surface area contributed by atoms with Gasteiger partial charge in [0.15, 0.2) is 17.4 Å². The number of hydrogen-bond acceptors (Lipinski definition) is 3. The van der Waals surface area contributed by atoms with Gasteiger partial charge in [-0.3, -0.25) is 0 Å². The molecule has 0 aromatic heterocycles. The van der Waals surface area contributed by atoms with Crippen molar-refractivity contribution in [2.75, 3.05) is 0 Å². The molecule has 1 rings (SSSR count). The molecule has 3 nitrogen and oxygen atoms in total. The van der Waals surface area contributed by atoms with Crippen molar-refractivity contribution >= 4 is 5.97 Å². The highest BCUT2D eigenvalue weighted by atomic mass is 19.1. The Morgan fingerprint density at radius 1 is 1.40 bits per heavy atom. The summed E-state index contributed by atoms with van der Waals surface area (Å²) in [7, 11) is 0. The Bertz CT molecular complexity index is 404. The first-order valence-electron chi connectivity index (χ1n) is 3.97. The van der Waals surface area contributed by atoms with E-state index in [1.807, 2.05) is 0 Å². The van der Waals surface area contributed by atoms with Crippen molar-refractivity contribution in [3.8, 4) is 11.5 Å². The van der Waals surface area contributed by atoms with E-state index in [4.69, 9.17) is 5.11 Å². The van der Waals surface area contributed by atoms with E-state index in [1.54, 1.807) is 0 Å². The lowest BCUT2D eigenvalue weighted by Crippen LogP contribution is -2.08. The molecule has 1 aromatic rings. The van der Waals surface area contributed by atoms with Gasteiger partial charge >= 0.3 is 5.97 Å². The van der Waals surface area contributed by atoms with Crippen molar-refractivity contribution < 1.29 is 23.4 Å². The Kier molecular flexibility index (Phi) is 3.04. The minimum Gasteiger partial charge on any atom is -0.503 e. The summed E-state index contributed by atoms with van der Waals surface area (Å²) in [6, 6.07) is 1.42. The number of rotatable bonds is 2. The summed E-state index contributed by atoms with van der Waals surface area (Å²) in [5.41, 5.74) is 0.101. The predicted molar refractivity (Wildman–Crippen MR) is 48.5 cm³/mol. The number of halogens is 2. The molecule has 0 radical (unpaired) electrons. The van der Waals surface area contributed by atoms with E-state index in [0.29, 0.717) is 12.1 Å². The van der Waals surface area contributed by atoms with Crippen molar-refractivity contribution in [1.82, 2.24) is 0 Å². The average Bonchev–Trinajstić information content (AvgIpc) is 2.13. The van der Waals surface area contributed by atoms with Crippen molar-refractivity contribution in [2.24, 2.45) is 0 Å². The monoisotopic (exact) mass is 214 g/mol. The van der Waals surface area contributed by atoms with Crippen LogP contribution in [0.25, 0.3) is 0 Å². The zero-order chi connectivity index (χ0) is 11.6. The van der Waals surface area contributed by atoms with Gasteiger partial charge in [0.25, 0.3) is 0 Å². The van der Waals surface area contributed by atoms with Gasteiger partial charge in [-0.1, -0.05) is 6.58 Å². The fourth-order valence-electron chi connectivity index (χ4n) is 0.795. The summed E-state index contributed by atoms with van der Waals surface area (Å²) in [5, 5.41) is 8.77. The average molecular weight is 214 g/mol. The van der Waals surface area contributed by atoms with Gasteiger partial charge in [0.1, 0.15) is 5.75 Å². The number of phenols is 1. The number of carbonyl (C=O) groups excluding carboxylic acids is 1. The molecule has 0 bridgehead atoms. The highest BCUT2D eigenvalue weighted by molar-refractivity contribution is 5.88. The van der Waals surface area contributed by atoms with Crippen molar-refractivity contribution in [1.29, 1.82) is 0 Å². The molecule has 0 heterocycles. The van der Waals surface area contributed by atoms with E-state index in [1.165, 1.54) is 6.92 Å². The molecule has 0 aliphatic rings. The second-order valence-corrected chi connectivity index (χ2v) is 2.91. The number of ether oxygens (including phenoxy) is 1. The third-order valence-electron chi connectivity index (χ3n) is 1.55. The van der Waals surface area contributed by atoms with Gasteiger partial charge in [-0.2, -0.15) is 0 Å². The largest absolute Gasteiger partial charge is 0.503 e. The van der Waals surface area contributed by atoms with Crippen molar-refractivity contribution in [3.05, 3.63) is 35.9 Å². The lowest BCUT2D eigenvalue weighted by Gasteiger charge is -2.05. The molecule has 0 saturated heterocycles. The molecule has 80 valence electrons. The van der Waals surface area contributed by atoms with Crippen LogP contribution in [0.2, 0.25) is 0 Å². The Balaban J connectivity index is 2.98. The molecule has 1 N–H and O–H groups in total. The van der Waals surface area contributed by atoms with E-state index in [-0.39, 0.29) is 11.3 Å². The van der Waals surface area contributed by atoms with Gasteiger partial charge < -0.3 is 9.84 Å². The van der Waals surface area contributed by atoms with Crippen LogP contribution in [-0.4, -0.2) is 11.1 Å². The molecule has 0 atom stereocenters. The van der Waals surface area contributed by atoms with Gasteiger partial charge in [-0.25, -0.2) is 13.6 Å². The van der Waals surface area contributed by atoms with Crippen LogP contribution >= 0.6 is 0 Å². The smallest absolute Gasteiger partial charge is 0.338 e. The summed E-state index contributed by atoms with van der Waals surface area (Å²) in [6.07, 6.45) is 0. The van der Waals surface area contributed by atoms with Crippen molar-refractivity contribution in [3.63, 3.8) is 0 Å². The van der Waals surface area contributed by atoms with Crippen molar-refractivity contribution in [2.45, 2.75) is 6.92 Å². The first-order chi connectivity index (χ1) is 6.91. The molecule has 0 amide bonds. The maximum absolute atomic E-state index is 12.8. The summed E-state index contributed by atoms with van der Waals surface area (Å²) in [6.45, 7) is 4.70. The van der Waals surface area contributed by atoms with Gasteiger partial charge in [-0.05, 0) is 6.92 Å². The molecular formula is C10H8F2O3. The van der Waals surface area contributed by atoms with Crippen LogP contribution in [0.1, 0.15) is 6.92 Å². The van der Waals surface area contributed by atoms with Gasteiger partial charge in [-0.15, -0.1) is 0 Å². The zero-order valence-corrected chi connectivity index (χ0v) is 7.88. The van der Waals surface area contributed by atoms with E-state index < -0.39 is 23.4 Å². The highest BCUT2D eigenvalue weighted by Gasteiger charge is 2.13. The zero-order valence-electron chi connectivity index (χ0n) is 7.88. The fourth-order valence-corrected chi connectivity index (χ4v) is 0.795. The fraction of sp³-hybridized carbons (Fsp3) is 0.100. The first kappa shape index (κ1) is 11.2. The molecule has 5 heteroatoms. The van der Waals surface area contributed by atoms with Crippen LogP contribution < -0.4 is 4.74 Å². The third-order valence-corrected chi connectivity index (χ3v) is 1.55. The minimum absolute atomic E-state index is 0.101. The summed E-state index contributed by atoms with van der Waals surface area (Å²) in [5.74, 6) is -4.61. The number of benzene rings is 1. The summed E-state index contributed by atoms with van der Waals surface area (Å²) >= 11 is 0. The quantitative estimate of drug-likeness (QED) is 0.466. The number of aromatic hydroxyl groups is 1. The Hall–Kier alpha value is -1.91. The normalized spacial score (nSPS) is 9.80.